The minimum atomic E-state index is -0.691. The number of aromatic nitrogens is 4. The maximum absolute atomic E-state index is 12.6. The zero-order valence-electron chi connectivity index (χ0n) is 14.1. The third-order valence-electron chi connectivity index (χ3n) is 3.71. The second-order valence-electron chi connectivity index (χ2n) is 6.05. The molecule has 0 bridgehead atoms. The quantitative estimate of drug-likeness (QED) is 0.747. The minimum Gasteiger partial charge on any atom is -0.442 e. The molecule has 3 N–H and O–H groups in total. The third kappa shape index (κ3) is 3.32. The fourth-order valence-electron chi connectivity index (χ4n) is 2.40. The van der Waals surface area contributed by atoms with E-state index in [0.717, 1.165) is 5.69 Å². The average molecular weight is 338 g/mol. The molecule has 25 heavy (non-hydrogen) atoms. The van der Waals surface area contributed by atoms with Crippen molar-refractivity contribution in [2.24, 2.45) is 0 Å². The molecular formula is C17H18N6O2. The van der Waals surface area contributed by atoms with Crippen LogP contribution in [-0.4, -0.2) is 25.8 Å². The molecule has 0 saturated heterocycles. The van der Waals surface area contributed by atoms with Crippen LogP contribution in [0.25, 0.3) is 11.5 Å². The van der Waals surface area contributed by atoms with E-state index in [-0.39, 0.29) is 11.5 Å². The SMILES string of the molecule is Cc1nc(C(=O)NC(C)(C)c2ccccn2)c(N)nc1-c1cnco1. The topological polar surface area (TPSA) is 120 Å². The Kier molecular flexibility index (Phi) is 4.18. The van der Waals surface area contributed by atoms with E-state index in [2.05, 4.69) is 25.3 Å². The van der Waals surface area contributed by atoms with Crippen LogP contribution in [0.4, 0.5) is 5.82 Å². The van der Waals surface area contributed by atoms with Crippen molar-refractivity contribution >= 4 is 11.7 Å². The Balaban J connectivity index is 1.89. The lowest BCUT2D eigenvalue weighted by molar-refractivity contribution is 0.0905. The van der Waals surface area contributed by atoms with Crippen LogP contribution in [0.1, 0.15) is 35.7 Å². The molecule has 3 aromatic rings. The van der Waals surface area contributed by atoms with Crippen molar-refractivity contribution in [1.29, 1.82) is 0 Å². The summed E-state index contributed by atoms with van der Waals surface area (Å²) >= 11 is 0. The van der Waals surface area contributed by atoms with Gasteiger partial charge < -0.3 is 15.5 Å². The number of hydrogen-bond donors (Lipinski definition) is 2. The number of nitrogens with one attached hydrogen (secondary N) is 1. The molecule has 0 aliphatic rings. The van der Waals surface area contributed by atoms with Crippen LogP contribution in [0, 0.1) is 6.92 Å². The monoisotopic (exact) mass is 338 g/mol. The number of nitrogens with zero attached hydrogens (tertiary/aromatic N) is 4. The van der Waals surface area contributed by atoms with E-state index in [1.807, 2.05) is 32.0 Å². The van der Waals surface area contributed by atoms with E-state index in [0.29, 0.717) is 17.1 Å². The molecule has 0 saturated carbocycles. The van der Waals surface area contributed by atoms with Crippen molar-refractivity contribution in [2.75, 3.05) is 5.73 Å². The van der Waals surface area contributed by atoms with E-state index in [9.17, 15) is 4.79 Å². The van der Waals surface area contributed by atoms with Gasteiger partial charge in [-0.15, -0.1) is 0 Å². The summed E-state index contributed by atoms with van der Waals surface area (Å²) in [7, 11) is 0. The molecule has 3 heterocycles. The first-order valence-electron chi connectivity index (χ1n) is 7.65. The van der Waals surface area contributed by atoms with Gasteiger partial charge in [0.2, 0.25) is 0 Å². The molecule has 0 aromatic carbocycles. The maximum atomic E-state index is 12.6. The number of carbonyl (C=O) groups excluding carboxylic acids is 1. The first kappa shape index (κ1) is 16.6. The number of oxazole rings is 1. The van der Waals surface area contributed by atoms with Gasteiger partial charge in [0.1, 0.15) is 5.69 Å². The van der Waals surface area contributed by atoms with Gasteiger partial charge in [-0.05, 0) is 32.9 Å². The summed E-state index contributed by atoms with van der Waals surface area (Å²) in [4.78, 5) is 29.3. The summed E-state index contributed by atoms with van der Waals surface area (Å²) in [6.07, 6.45) is 4.48. The fourth-order valence-corrected chi connectivity index (χ4v) is 2.40. The van der Waals surface area contributed by atoms with Crippen LogP contribution in [0.3, 0.4) is 0 Å². The summed E-state index contributed by atoms with van der Waals surface area (Å²) in [6, 6.07) is 5.52. The highest BCUT2D eigenvalue weighted by molar-refractivity contribution is 5.97. The first-order chi connectivity index (χ1) is 11.9. The normalized spacial score (nSPS) is 11.3. The van der Waals surface area contributed by atoms with E-state index in [4.69, 9.17) is 10.2 Å². The molecular weight excluding hydrogens is 320 g/mol. The number of pyridine rings is 1. The molecule has 0 aliphatic heterocycles. The average Bonchev–Trinajstić information content (AvgIpc) is 3.11. The van der Waals surface area contributed by atoms with Crippen molar-refractivity contribution in [3.05, 3.63) is 54.1 Å². The molecule has 8 heteroatoms. The van der Waals surface area contributed by atoms with Crippen molar-refractivity contribution in [3.8, 4) is 11.5 Å². The number of carbonyl (C=O) groups is 1. The largest absolute Gasteiger partial charge is 0.442 e. The zero-order valence-corrected chi connectivity index (χ0v) is 14.1. The number of amides is 1. The molecule has 0 unspecified atom stereocenters. The van der Waals surface area contributed by atoms with Gasteiger partial charge in [-0.2, -0.15) is 0 Å². The summed E-state index contributed by atoms with van der Waals surface area (Å²) in [5.41, 5.74) is 7.01. The molecule has 0 radical (unpaired) electrons. The number of anilines is 1. The molecule has 1 amide bonds. The summed E-state index contributed by atoms with van der Waals surface area (Å²) in [5, 5.41) is 2.89. The predicted octanol–water partition coefficient (Wildman–Crippen LogP) is 2.08. The Morgan fingerprint density at radius 3 is 2.72 bits per heavy atom. The van der Waals surface area contributed by atoms with E-state index >= 15 is 0 Å². The maximum Gasteiger partial charge on any atom is 0.274 e. The second-order valence-corrected chi connectivity index (χ2v) is 6.05. The number of aryl methyl sites for hydroxylation is 1. The Morgan fingerprint density at radius 2 is 2.08 bits per heavy atom. The van der Waals surface area contributed by atoms with Crippen molar-refractivity contribution in [1.82, 2.24) is 25.3 Å². The molecule has 0 spiro atoms. The van der Waals surface area contributed by atoms with E-state index < -0.39 is 11.4 Å². The Bertz CT molecular complexity index is 891. The van der Waals surface area contributed by atoms with Crippen molar-refractivity contribution < 1.29 is 9.21 Å². The number of nitrogen functional groups attached to an aromatic ring is 1. The lowest BCUT2D eigenvalue weighted by Crippen LogP contribution is -2.42. The van der Waals surface area contributed by atoms with Crippen LogP contribution in [0.15, 0.2) is 41.4 Å². The highest BCUT2D eigenvalue weighted by atomic mass is 16.3. The summed E-state index contributed by atoms with van der Waals surface area (Å²) < 4.78 is 5.22. The first-order valence-corrected chi connectivity index (χ1v) is 7.65. The molecule has 128 valence electrons. The fraction of sp³-hybridized carbons (Fsp3) is 0.235. The second kappa shape index (κ2) is 6.31. The Morgan fingerprint density at radius 1 is 1.28 bits per heavy atom. The van der Waals surface area contributed by atoms with Crippen LogP contribution in [0.2, 0.25) is 0 Å². The van der Waals surface area contributed by atoms with E-state index in [1.165, 1.54) is 12.6 Å². The molecule has 3 aromatic heterocycles. The van der Waals surface area contributed by atoms with Gasteiger partial charge in [0.25, 0.3) is 5.91 Å². The van der Waals surface area contributed by atoms with Crippen LogP contribution in [0.5, 0.6) is 0 Å². The number of nitrogens with two attached hydrogens (primary N) is 1. The van der Waals surface area contributed by atoms with E-state index in [1.54, 1.807) is 13.1 Å². The van der Waals surface area contributed by atoms with Crippen molar-refractivity contribution in [3.63, 3.8) is 0 Å². The molecule has 0 aliphatic carbocycles. The standard InChI is InChI=1S/C17H18N6O2/c1-10-13(11-8-19-9-25-11)22-15(18)14(21-10)16(24)23-17(2,3)12-6-4-5-7-20-12/h4-9H,1-3H3,(H2,18,22)(H,23,24). The zero-order chi connectivity index (χ0) is 18.0. The minimum absolute atomic E-state index is 0.0197. The lowest BCUT2D eigenvalue weighted by atomic mass is 9.99. The van der Waals surface area contributed by atoms with Gasteiger partial charge in [-0.25, -0.2) is 15.0 Å². The number of rotatable bonds is 4. The Labute approximate surface area is 144 Å². The lowest BCUT2D eigenvalue weighted by Gasteiger charge is -2.25. The molecule has 0 atom stereocenters. The summed E-state index contributed by atoms with van der Waals surface area (Å²) in [5.74, 6) is 0.0386. The summed E-state index contributed by atoms with van der Waals surface area (Å²) in [6.45, 7) is 5.43. The number of hydrogen-bond acceptors (Lipinski definition) is 7. The molecule has 3 rings (SSSR count). The van der Waals surface area contributed by atoms with Gasteiger partial charge >= 0.3 is 0 Å². The van der Waals surface area contributed by atoms with Crippen LogP contribution < -0.4 is 11.1 Å². The van der Waals surface area contributed by atoms with Crippen LogP contribution >= 0.6 is 0 Å². The van der Waals surface area contributed by atoms with Gasteiger partial charge in [-0.1, -0.05) is 6.07 Å². The van der Waals surface area contributed by atoms with Crippen LogP contribution in [-0.2, 0) is 5.54 Å². The highest BCUT2D eigenvalue weighted by Crippen LogP contribution is 2.23. The smallest absolute Gasteiger partial charge is 0.274 e. The van der Waals surface area contributed by atoms with Crippen molar-refractivity contribution in [2.45, 2.75) is 26.3 Å². The van der Waals surface area contributed by atoms with Gasteiger partial charge in [-0.3, -0.25) is 9.78 Å². The predicted molar refractivity (Wildman–Crippen MR) is 91.4 cm³/mol. The van der Waals surface area contributed by atoms with Gasteiger partial charge in [0, 0.05) is 6.20 Å². The highest BCUT2D eigenvalue weighted by Gasteiger charge is 2.27. The molecule has 0 fully saturated rings. The van der Waals surface area contributed by atoms with Gasteiger partial charge in [0.05, 0.1) is 23.1 Å². The van der Waals surface area contributed by atoms with Gasteiger partial charge in [0.15, 0.2) is 23.7 Å². The third-order valence-corrected chi connectivity index (χ3v) is 3.71. The Hall–Kier alpha value is -3.29. The molecule has 8 nitrogen and oxygen atoms in total.